The summed E-state index contributed by atoms with van der Waals surface area (Å²) in [5, 5.41) is 15.0. The zero-order valence-electron chi connectivity index (χ0n) is 17.9. The van der Waals surface area contributed by atoms with E-state index in [2.05, 4.69) is 15.3 Å². The van der Waals surface area contributed by atoms with Gasteiger partial charge in [-0.1, -0.05) is 42.1 Å². The molecule has 1 aromatic heterocycles. The summed E-state index contributed by atoms with van der Waals surface area (Å²) in [4.78, 5) is 12.9. The van der Waals surface area contributed by atoms with Crippen molar-refractivity contribution < 1.29 is 13.6 Å². The largest absolute Gasteiger partial charge is 0.272 e. The summed E-state index contributed by atoms with van der Waals surface area (Å²) in [6, 6.07) is 21.5. The number of carbonyl (C=O) groups excluding carboxylic acids is 1. The van der Waals surface area contributed by atoms with Crippen LogP contribution in [0.3, 0.4) is 0 Å². The number of halogens is 2. The summed E-state index contributed by atoms with van der Waals surface area (Å²) >= 11 is 1.22. The minimum atomic E-state index is -0.370. The summed E-state index contributed by atoms with van der Waals surface area (Å²) in [5.74, 6) is -0.308. The van der Waals surface area contributed by atoms with E-state index >= 15 is 0 Å². The summed E-state index contributed by atoms with van der Waals surface area (Å²) in [6.45, 7) is 0.523. The first-order valence-corrected chi connectivity index (χ1v) is 11.6. The monoisotopic (exact) mass is 475 g/mol. The van der Waals surface area contributed by atoms with Crippen molar-refractivity contribution in [3.8, 4) is 17.1 Å². The standard InChI is InChI=1S/C25H19F2N5OS/c26-19-8-6-18(7-9-19)24-28-29-25(32(24)21-12-10-20(27)11-13-21)34-16-23(33)31-15-14-22(30-31)17-4-2-1-3-5-17/h1-13H,14-16H2. The van der Waals surface area contributed by atoms with Gasteiger partial charge in [0.05, 0.1) is 18.0 Å². The van der Waals surface area contributed by atoms with Crippen LogP contribution in [-0.4, -0.2) is 43.7 Å². The molecule has 1 aliphatic heterocycles. The highest BCUT2D eigenvalue weighted by molar-refractivity contribution is 7.99. The van der Waals surface area contributed by atoms with E-state index in [9.17, 15) is 13.6 Å². The maximum Gasteiger partial charge on any atom is 0.253 e. The van der Waals surface area contributed by atoms with Crippen molar-refractivity contribution >= 4 is 23.4 Å². The van der Waals surface area contributed by atoms with Crippen LogP contribution in [-0.2, 0) is 4.79 Å². The van der Waals surface area contributed by atoms with Crippen molar-refractivity contribution in [1.29, 1.82) is 0 Å². The molecule has 1 aliphatic rings. The second-order valence-corrected chi connectivity index (χ2v) is 8.54. The molecule has 0 aliphatic carbocycles. The fourth-order valence-electron chi connectivity index (χ4n) is 3.64. The van der Waals surface area contributed by atoms with Crippen molar-refractivity contribution in [3.05, 3.63) is 96.1 Å². The molecule has 0 radical (unpaired) electrons. The van der Waals surface area contributed by atoms with Crippen molar-refractivity contribution in [1.82, 2.24) is 19.8 Å². The Labute approximate surface area is 198 Å². The Kier molecular flexibility index (Phi) is 6.18. The normalized spacial score (nSPS) is 13.2. The molecule has 5 rings (SSSR count). The first-order chi connectivity index (χ1) is 16.6. The average molecular weight is 476 g/mol. The van der Waals surface area contributed by atoms with Crippen LogP contribution in [0, 0.1) is 11.6 Å². The Morgan fingerprint density at radius 2 is 1.53 bits per heavy atom. The van der Waals surface area contributed by atoms with Gasteiger partial charge in [0, 0.05) is 17.7 Å². The molecule has 0 unspecified atom stereocenters. The van der Waals surface area contributed by atoms with Crippen LogP contribution in [0.1, 0.15) is 12.0 Å². The number of amides is 1. The van der Waals surface area contributed by atoms with Crippen LogP contribution in [0.15, 0.2) is 89.1 Å². The van der Waals surface area contributed by atoms with Gasteiger partial charge >= 0.3 is 0 Å². The highest BCUT2D eigenvalue weighted by Crippen LogP contribution is 2.29. The summed E-state index contributed by atoms with van der Waals surface area (Å²) < 4.78 is 28.7. The van der Waals surface area contributed by atoms with E-state index in [0.717, 1.165) is 11.3 Å². The molecule has 6 nitrogen and oxygen atoms in total. The molecule has 0 fully saturated rings. The lowest BCUT2D eigenvalue weighted by Gasteiger charge is -2.12. The van der Waals surface area contributed by atoms with Gasteiger partial charge in [0.25, 0.3) is 5.91 Å². The summed E-state index contributed by atoms with van der Waals surface area (Å²) in [5.41, 5.74) is 3.16. The van der Waals surface area contributed by atoms with E-state index in [1.807, 2.05) is 30.3 Å². The van der Waals surface area contributed by atoms with Crippen LogP contribution in [0.2, 0.25) is 0 Å². The zero-order chi connectivity index (χ0) is 23.5. The van der Waals surface area contributed by atoms with E-state index in [0.29, 0.717) is 35.2 Å². The maximum atomic E-state index is 13.5. The molecule has 0 saturated carbocycles. The third-order valence-corrected chi connectivity index (χ3v) is 6.26. The second-order valence-electron chi connectivity index (χ2n) is 7.59. The molecule has 170 valence electrons. The fourth-order valence-corrected chi connectivity index (χ4v) is 4.46. The molecular formula is C25H19F2N5OS. The molecule has 3 aromatic carbocycles. The average Bonchev–Trinajstić information content (AvgIpc) is 3.52. The molecule has 34 heavy (non-hydrogen) atoms. The van der Waals surface area contributed by atoms with Crippen LogP contribution >= 0.6 is 11.8 Å². The first kappa shape index (κ1) is 22.0. The SMILES string of the molecule is O=C(CSc1nnc(-c2ccc(F)cc2)n1-c1ccc(F)cc1)N1CCC(c2ccccc2)=N1. The number of aromatic nitrogens is 3. The third kappa shape index (κ3) is 4.60. The lowest BCUT2D eigenvalue weighted by atomic mass is 10.1. The number of thioether (sulfide) groups is 1. The van der Waals surface area contributed by atoms with Gasteiger partial charge in [-0.25, -0.2) is 13.8 Å². The molecule has 0 bridgehead atoms. The van der Waals surface area contributed by atoms with Crippen molar-refractivity contribution in [3.63, 3.8) is 0 Å². The van der Waals surface area contributed by atoms with Crippen LogP contribution in [0.5, 0.6) is 0 Å². The number of hydrogen-bond donors (Lipinski definition) is 0. The Bertz CT molecular complexity index is 1340. The number of hydrazone groups is 1. The molecule has 1 amide bonds. The highest BCUT2D eigenvalue weighted by atomic mass is 32.2. The highest BCUT2D eigenvalue weighted by Gasteiger charge is 2.23. The fraction of sp³-hybridized carbons (Fsp3) is 0.120. The van der Waals surface area contributed by atoms with Gasteiger partial charge in [-0.05, 0) is 54.1 Å². The van der Waals surface area contributed by atoms with Crippen LogP contribution < -0.4 is 0 Å². The van der Waals surface area contributed by atoms with E-state index in [1.165, 1.54) is 41.0 Å². The summed E-state index contributed by atoms with van der Waals surface area (Å²) in [7, 11) is 0. The van der Waals surface area contributed by atoms with Crippen molar-refractivity contribution in [2.24, 2.45) is 5.10 Å². The predicted molar refractivity (Wildman–Crippen MR) is 127 cm³/mol. The van der Waals surface area contributed by atoms with Gasteiger partial charge in [-0.3, -0.25) is 9.36 Å². The molecule has 0 spiro atoms. The lowest BCUT2D eigenvalue weighted by Crippen LogP contribution is -2.25. The quantitative estimate of drug-likeness (QED) is 0.371. The van der Waals surface area contributed by atoms with Gasteiger partial charge < -0.3 is 0 Å². The Morgan fingerprint density at radius 3 is 2.24 bits per heavy atom. The molecule has 0 atom stereocenters. The van der Waals surface area contributed by atoms with E-state index in [4.69, 9.17) is 0 Å². The molecule has 9 heteroatoms. The Morgan fingerprint density at radius 1 is 0.853 bits per heavy atom. The van der Waals surface area contributed by atoms with Gasteiger partial charge in [0.2, 0.25) is 0 Å². The third-order valence-electron chi connectivity index (χ3n) is 5.34. The van der Waals surface area contributed by atoms with E-state index in [-0.39, 0.29) is 23.3 Å². The van der Waals surface area contributed by atoms with Gasteiger partial charge in [-0.2, -0.15) is 5.10 Å². The Hall–Kier alpha value is -3.85. The smallest absolute Gasteiger partial charge is 0.253 e. The molecule has 0 saturated heterocycles. The summed E-state index contributed by atoms with van der Waals surface area (Å²) in [6.07, 6.45) is 0.695. The number of nitrogens with zero attached hydrogens (tertiary/aromatic N) is 5. The molecular weight excluding hydrogens is 456 g/mol. The molecule has 2 heterocycles. The second kappa shape index (κ2) is 9.56. The van der Waals surface area contributed by atoms with Gasteiger partial charge in [0.1, 0.15) is 11.6 Å². The first-order valence-electron chi connectivity index (χ1n) is 10.6. The minimum absolute atomic E-state index is 0.105. The van der Waals surface area contributed by atoms with E-state index in [1.54, 1.807) is 28.8 Å². The number of hydrogen-bond acceptors (Lipinski definition) is 5. The maximum absolute atomic E-state index is 13.5. The topological polar surface area (TPSA) is 63.4 Å². The number of rotatable bonds is 6. The Balaban J connectivity index is 1.38. The minimum Gasteiger partial charge on any atom is -0.272 e. The van der Waals surface area contributed by atoms with Gasteiger partial charge in [-0.15, -0.1) is 10.2 Å². The van der Waals surface area contributed by atoms with Crippen molar-refractivity contribution in [2.45, 2.75) is 11.6 Å². The lowest BCUT2D eigenvalue weighted by molar-refractivity contribution is -0.127. The van der Waals surface area contributed by atoms with Crippen LogP contribution in [0.4, 0.5) is 8.78 Å². The number of benzene rings is 3. The zero-order valence-corrected chi connectivity index (χ0v) is 18.8. The van der Waals surface area contributed by atoms with Gasteiger partial charge in [0.15, 0.2) is 11.0 Å². The van der Waals surface area contributed by atoms with Crippen molar-refractivity contribution in [2.75, 3.05) is 12.3 Å². The predicted octanol–water partition coefficient (Wildman–Crippen LogP) is 4.94. The number of carbonyl (C=O) groups is 1. The molecule has 4 aromatic rings. The molecule has 0 N–H and O–H groups in total. The van der Waals surface area contributed by atoms with Crippen LogP contribution in [0.25, 0.3) is 17.1 Å². The van der Waals surface area contributed by atoms with E-state index < -0.39 is 0 Å².